The van der Waals surface area contributed by atoms with Crippen molar-refractivity contribution in [3.05, 3.63) is 35.4 Å². The first-order valence-electron chi connectivity index (χ1n) is 8.86. The lowest BCUT2D eigenvalue weighted by Crippen LogP contribution is -2.44. The second-order valence-corrected chi connectivity index (χ2v) is 9.15. The van der Waals surface area contributed by atoms with E-state index < -0.39 is 0 Å². The molecule has 0 spiro atoms. The molecule has 124 valence electrons. The summed E-state index contributed by atoms with van der Waals surface area (Å²) in [5.74, 6) is 4.71. The van der Waals surface area contributed by atoms with E-state index in [0.29, 0.717) is 4.75 Å². The fourth-order valence-electron chi connectivity index (χ4n) is 4.44. The maximum atomic E-state index is 4.40. The number of hydrogen-bond donors (Lipinski definition) is 2. The average Bonchev–Trinajstić information content (AvgIpc) is 2.90. The van der Waals surface area contributed by atoms with Crippen molar-refractivity contribution >= 4 is 17.7 Å². The molecule has 1 saturated carbocycles. The van der Waals surface area contributed by atoms with Crippen LogP contribution in [-0.4, -0.2) is 36.6 Å². The molecule has 4 rings (SSSR count). The molecule has 2 aliphatic carbocycles. The van der Waals surface area contributed by atoms with Gasteiger partial charge in [-0.05, 0) is 60.8 Å². The fourth-order valence-corrected chi connectivity index (χ4v) is 5.69. The van der Waals surface area contributed by atoms with Crippen LogP contribution in [0.25, 0.3) is 0 Å². The Morgan fingerprint density at radius 3 is 3.00 bits per heavy atom. The molecular formula is C19H27N3S. The normalized spacial score (nSPS) is 34.9. The summed E-state index contributed by atoms with van der Waals surface area (Å²) in [6.45, 7) is 4.43. The molecule has 1 aromatic carbocycles. The molecule has 4 heteroatoms. The smallest absolute Gasteiger partial charge is 0.191 e. The minimum absolute atomic E-state index is 0.382. The van der Waals surface area contributed by atoms with Crippen LogP contribution in [-0.2, 0) is 6.42 Å². The minimum atomic E-state index is 0.382. The van der Waals surface area contributed by atoms with Crippen molar-refractivity contribution in [1.82, 2.24) is 10.6 Å². The van der Waals surface area contributed by atoms with E-state index in [9.17, 15) is 0 Å². The zero-order valence-corrected chi connectivity index (χ0v) is 15.0. The van der Waals surface area contributed by atoms with Gasteiger partial charge in [0.05, 0.1) is 0 Å². The molecule has 0 bridgehead atoms. The van der Waals surface area contributed by atoms with Gasteiger partial charge in [0, 0.05) is 24.9 Å². The van der Waals surface area contributed by atoms with Crippen molar-refractivity contribution < 1.29 is 0 Å². The standard InChI is InChI=1S/C19H27N3S/c1-19(8-5-9-23-19)12-22-18(20-2)21-11-16-15-10-13-6-3-4-7-14(13)17(15)16/h3-4,6-7,15-17H,5,8-12H2,1-2H3,(H2,20,21,22). The van der Waals surface area contributed by atoms with Gasteiger partial charge in [0.1, 0.15) is 0 Å². The summed E-state index contributed by atoms with van der Waals surface area (Å²) < 4.78 is 0.382. The van der Waals surface area contributed by atoms with Crippen LogP contribution in [0.3, 0.4) is 0 Å². The van der Waals surface area contributed by atoms with Crippen LogP contribution in [0.4, 0.5) is 0 Å². The predicted molar refractivity (Wildman–Crippen MR) is 99.3 cm³/mol. The van der Waals surface area contributed by atoms with Crippen molar-refractivity contribution in [2.75, 3.05) is 25.9 Å². The molecule has 1 aliphatic heterocycles. The molecule has 0 radical (unpaired) electrons. The Morgan fingerprint density at radius 1 is 1.35 bits per heavy atom. The van der Waals surface area contributed by atoms with Crippen LogP contribution >= 0.6 is 11.8 Å². The summed E-state index contributed by atoms with van der Waals surface area (Å²) in [6, 6.07) is 8.98. The third-order valence-electron chi connectivity index (χ3n) is 5.86. The van der Waals surface area contributed by atoms with Crippen LogP contribution in [0, 0.1) is 11.8 Å². The quantitative estimate of drug-likeness (QED) is 0.658. The lowest BCUT2D eigenvalue weighted by molar-refractivity contribution is 0.580. The molecule has 1 heterocycles. The molecule has 2 fully saturated rings. The number of benzene rings is 1. The Balaban J connectivity index is 1.27. The molecule has 1 saturated heterocycles. The van der Waals surface area contributed by atoms with Gasteiger partial charge in [-0.2, -0.15) is 11.8 Å². The molecule has 4 atom stereocenters. The van der Waals surface area contributed by atoms with Gasteiger partial charge < -0.3 is 10.6 Å². The van der Waals surface area contributed by atoms with Gasteiger partial charge in [-0.25, -0.2) is 0 Å². The third-order valence-corrected chi connectivity index (χ3v) is 7.40. The van der Waals surface area contributed by atoms with E-state index in [1.54, 1.807) is 11.1 Å². The van der Waals surface area contributed by atoms with E-state index in [1.165, 1.54) is 25.0 Å². The van der Waals surface area contributed by atoms with Crippen molar-refractivity contribution in [2.24, 2.45) is 16.8 Å². The van der Waals surface area contributed by atoms with Gasteiger partial charge in [0.2, 0.25) is 0 Å². The first-order chi connectivity index (χ1) is 11.2. The molecular weight excluding hydrogens is 302 g/mol. The number of nitrogens with zero attached hydrogens (tertiary/aromatic N) is 1. The highest BCUT2D eigenvalue weighted by molar-refractivity contribution is 8.00. The molecule has 0 amide bonds. The van der Waals surface area contributed by atoms with Crippen LogP contribution in [0.5, 0.6) is 0 Å². The Hall–Kier alpha value is -1.16. The lowest BCUT2D eigenvalue weighted by Gasteiger charge is -2.24. The zero-order valence-electron chi connectivity index (χ0n) is 14.1. The number of hydrogen-bond acceptors (Lipinski definition) is 2. The summed E-state index contributed by atoms with van der Waals surface area (Å²) in [6.07, 6.45) is 3.93. The SMILES string of the molecule is CN=C(NCC1C2Cc3ccccc3C12)NCC1(C)CCCS1. The molecule has 4 unspecified atom stereocenters. The van der Waals surface area contributed by atoms with E-state index in [-0.39, 0.29) is 0 Å². The van der Waals surface area contributed by atoms with Gasteiger partial charge in [-0.15, -0.1) is 0 Å². The number of thioether (sulfide) groups is 1. The second kappa shape index (κ2) is 6.04. The largest absolute Gasteiger partial charge is 0.356 e. The Kier molecular flexibility index (Phi) is 4.04. The Labute approximate surface area is 143 Å². The van der Waals surface area contributed by atoms with E-state index >= 15 is 0 Å². The van der Waals surface area contributed by atoms with E-state index in [2.05, 4.69) is 58.6 Å². The molecule has 3 aliphatic rings. The van der Waals surface area contributed by atoms with E-state index in [0.717, 1.165) is 36.8 Å². The van der Waals surface area contributed by atoms with Gasteiger partial charge in [-0.1, -0.05) is 24.3 Å². The second-order valence-electron chi connectivity index (χ2n) is 7.47. The third kappa shape index (κ3) is 2.98. The van der Waals surface area contributed by atoms with Gasteiger partial charge >= 0.3 is 0 Å². The topological polar surface area (TPSA) is 36.4 Å². The van der Waals surface area contributed by atoms with Crippen LogP contribution in [0.2, 0.25) is 0 Å². The van der Waals surface area contributed by atoms with E-state index in [1.807, 2.05) is 7.05 Å². The molecule has 3 nitrogen and oxygen atoms in total. The first kappa shape index (κ1) is 15.4. The molecule has 1 aromatic rings. The highest BCUT2D eigenvalue weighted by atomic mass is 32.2. The number of fused-ring (bicyclic) bond motifs is 3. The molecule has 23 heavy (non-hydrogen) atoms. The fraction of sp³-hybridized carbons (Fsp3) is 0.632. The lowest BCUT2D eigenvalue weighted by atomic mass is 10.0. The summed E-state index contributed by atoms with van der Waals surface area (Å²) in [5.41, 5.74) is 3.18. The summed E-state index contributed by atoms with van der Waals surface area (Å²) >= 11 is 2.09. The van der Waals surface area contributed by atoms with Gasteiger partial charge in [-0.3, -0.25) is 4.99 Å². The number of nitrogens with one attached hydrogen (secondary N) is 2. The average molecular weight is 330 g/mol. The Morgan fingerprint density at radius 2 is 2.22 bits per heavy atom. The molecule has 0 aromatic heterocycles. The monoisotopic (exact) mass is 329 g/mol. The van der Waals surface area contributed by atoms with Gasteiger partial charge in [0.15, 0.2) is 5.96 Å². The summed E-state index contributed by atoms with van der Waals surface area (Å²) in [4.78, 5) is 4.40. The molecule has 2 N–H and O–H groups in total. The number of aliphatic imine (C=N–C) groups is 1. The van der Waals surface area contributed by atoms with Crippen LogP contribution in [0.15, 0.2) is 29.3 Å². The maximum absolute atomic E-state index is 4.40. The highest BCUT2D eigenvalue weighted by Crippen LogP contribution is 2.60. The van der Waals surface area contributed by atoms with Crippen molar-refractivity contribution in [2.45, 2.75) is 36.9 Å². The summed E-state index contributed by atoms with van der Waals surface area (Å²) in [5, 5.41) is 7.10. The number of guanidine groups is 1. The number of rotatable bonds is 4. The van der Waals surface area contributed by atoms with Crippen LogP contribution < -0.4 is 10.6 Å². The maximum Gasteiger partial charge on any atom is 0.191 e. The first-order valence-corrected chi connectivity index (χ1v) is 9.85. The predicted octanol–water partition coefficient (Wildman–Crippen LogP) is 3.02. The van der Waals surface area contributed by atoms with Crippen molar-refractivity contribution in [3.63, 3.8) is 0 Å². The van der Waals surface area contributed by atoms with E-state index in [4.69, 9.17) is 0 Å². The zero-order chi connectivity index (χ0) is 15.9. The Bertz CT molecular complexity index is 606. The van der Waals surface area contributed by atoms with Crippen LogP contribution in [0.1, 0.15) is 36.8 Å². The minimum Gasteiger partial charge on any atom is -0.356 e. The highest BCUT2D eigenvalue weighted by Gasteiger charge is 2.54. The van der Waals surface area contributed by atoms with Crippen molar-refractivity contribution in [3.8, 4) is 0 Å². The van der Waals surface area contributed by atoms with Crippen molar-refractivity contribution in [1.29, 1.82) is 0 Å². The summed E-state index contributed by atoms with van der Waals surface area (Å²) in [7, 11) is 1.88. The van der Waals surface area contributed by atoms with Gasteiger partial charge in [0.25, 0.3) is 0 Å².